The smallest absolute Gasteiger partial charge is 0.134 e. The van der Waals surface area contributed by atoms with E-state index in [-0.39, 0.29) is 5.82 Å². The molecule has 0 aliphatic carbocycles. The van der Waals surface area contributed by atoms with E-state index in [4.69, 9.17) is 4.74 Å². The van der Waals surface area contributed by atoms with Crippen LogP contribution in [0.5, 0.6) is 5.75 Å². The molecule has 0 spiro atoms. The van der Waals surface area contributed by atoms with Crippen LogP contribution in [0.15, 0.2) is 30.5 Å². The van der Waals surface area contributed by atoms with Crippen LogP contribution in [-0.4, -0.2) is 28.1 Å². The summed E-state index contributed by atoms with van der Waals surface area (Å²) < 4.78 is 20.0. The quantitative estimate of drug-likeness (QED) is 0.881. The molecule has 0 radical (unpaired) electrons. The molecule has 1 aromatic carbocycles. The first-order chi connectivity index (χ1) is 8.81. The standard InChI is InChI=1S/C12H13FN4O/c13-9-1-3-12(4-2-9)18-8-10-7-17(16-15-10)11-5-14-6-11/h1-4,7,11,14H,5-6,8H2. The average molecular weight is 248 g/mol. The topological polar surface area (TPSA) is 52.0 Å². The Bertz CT molecular complexity index is 521. The van der Waals surface area contributed by atoms with E-state index < -0.39 is 0 Å². The van der Waals surface area contributed by atoms with Crippen molar-refractivity contribution < 1.29 is 9.13 Å². The van der Waals surface area contributed by atoms with Crippen molar-refractivity contribution in [1.29, 1.82) is 0 Å². The van der Waals surface area contributed by atoms with E-state index in [1.54, 1.807) is 12.1 Å². The second kappa shape index (κ2) is 4.73. The molecule has 1 aliphatic rings. The first-order valence-electron chi connectivity index (χ1n) is 5.81. The number of hydrogen-bond donors (Lipinski definition) is 1. The SMILES string of the molecule is Fc1ccc(OCc2cn(C3CNC3)nn2)cc1. The lowest BCUT2D eigenvalue weighted by Crippen LogP contribution is -2.43. The molecule has 94 valence electrons. The highest BCUT2D eigenvalue weighted by Crippen LogP contribution is 2.14. The van der Waals surface area contributed by atoms with Gasteiger partial charge in [0, 0.05) is 13.1 Å². The molecule has 0 unspecified atom stereocenters. The third kappa shape index (κ3) is 2.33. The molecule has 1 aliphatic heterocycles. The van der Waals surface area contributed by atoms with Crippen molar-refractivity contribution in [1.82, 2.24) is 20.3 Å². The third-order valence-electron chi connectivity index (χ3n) is 2.89. The molecule has 1 saturated heterocycles. The van der Waals surface area contributed by atoms with Crippen molar-refractivity contribution in [2.45, 2.75) is 12.6 Å². The van der Waals surface area contributed by atoms with Crippen molar-refractivity contribution in [3.8, 4) is 5.75 Å². The van der Waals surface area contributed by atoms with Crippen LogP contribution in [0, 0.1) is 5.82 Å². The van der Waals surface area contributed by atoms with Gasteiger partial charge >= 0.3 is 0 Å². The lowest BCUT2D eigenvalue weighted by atomic mass is 10.2. The summed E-state index contributed by atoms with van der Waals surface area (Å²) in [4.78, 5) is 0. The van der Waals surface area contributed by atoms with E-state index in [1.807, 2.05) is 10.9 Å². The highest BCUT2D eigenvalue weighted by molar-refractivity contribution is 5.22. The Kier molecular flexibility index (Phi) is 2.93. The zero-order chi connectivity index (χ0) is 12.4. The zero-order valence-corrected chi connectivity index (χ0v) is 9.71. The predicted molar refractivity (Wildman–Crippen MR) is 62.7 cm³/mol. The predicted octanol–water partition coefficient (Wildman–Crippen LogP) is 1.14. The first-order valence-corrected chi connectivity index (χ1v) is 5.81. The summed E-state index contributed by atoms with van der Waals surface area (Å²) in [6.45, 7) is 2.20. The maximum absolute atomic E-state index is 12.7. The summed E-state index contributed by atoms with van der Waals surface area (Å²) >= 11 is 0. The van der Waals surface area contributed by atoms with Crippen LogP contribution >= 0.6 is 0 Å². The number of aromatic nitrogens is 3. The van der Waals surface area contributed by atoms with E-state index in [0.29, 0.717) is 18.4 Å². The minimum absolute atomic E-state index is 0.272. The van der Waals surface area contributed by atoms with Crippen molar-refractivity contribution >= 4 is 0 Å². The van der Waals surface area contributed by atoms with Crippen molar-refractivity contribution in [3.63, 3.8) is 0 Å². The fourth-order valence-electron chi connectivity index (χ4n) is 1.71. The molecule has 0 bridgehead atoms. The number of nitrogens with zero attached hydrogens (tertiary/aromatic N) is 3. The zero-order valence-electron chi connectivity index (χ0n) is 9.71. The summed E-state index contributed by atoms with van der Waals surface area (Å²) in [7, 11) is 0. The number of hydrogen-bond acceptors (Lipinski definition) is 4. The molecule has 6 heteroatoms. The number of nitrogens with one attached hydrogen (secondary N) is 1. The van der Waals surface area contributed by atoms with Crippen molar-refractivity contribution in [3.05, 3.63) is 42.0 Å². The highest BCUT2D eigenvalue weighted by atomic mass is 19.1. The molecule has 18 heavy (non-hydrogen) atoms. The lowest BCUT2D eigenvalue weighted by molar-refractivity contribution is 0.300. The highest BCUT2D eigenvalue weighted by Gasteiger charge is 2.19. The van der Waals surface area contributed by atoms with Gasteiger partial charge in [-0.3, -0.25) is 0 Å². The number of ether oxygens (including phenoxy) is 1. The van der Waals surface area contributed by atoms with Crippen LogP contribution in [0.1, 0.15) is 11.7 Å². The van der Waals surface area contributed by atoms with E-state index in [1.165, 1.54) is 12.1 Å². The summed E-state index contributed by atoms with van der Waals surface area (Å²) in [5.41, 5.74) is 0.770. The van der Waals surface area contributed by atoms with Gasteiger partial charge in [-0.05, 0) is 24.3 Å². The minimum atomic E-state index is -0.272. The van der Waals surface area contributed by atoms with Gasteiger partial charge in [0.2, 0.25) is 0 Å². The molecule has 1 N–H and O–H groups in total. The molecule has 2 heterocycles. The molecule has 0 amide bonds. The van der Waals surface area contributed by atoms with E-state index in [2.05, 4.69) is 15.6 Å². The van der Waals surface area contributed by atoms with Crippen LogP contribution in [0.3, 0.4) is 0 Å². The van der Waals surface area contributed by atoms with Crippen LogP contribution in [-0.2, 0) is 6.61 Å². The number of rotatable bonds is 4. The maximum Gasteiger partial charge on any atom is 0.134 e. The van der Waals surface area contributed by atoms with Crippen LogP contribution in [0.4, 0.5) is 4.39 Å². The number of halogens is 1. The first kappa shape index (κ1) is 11.2. The Morgan fingerprint density at radius 2 is 2.11 bits per heavy atom. The van der Waals surface area contributed by atoms with Gasteiger partial charge in [0.15, 0.2) is 0 Å². The summed E-state index contributed by atoms with van der Waals surface area (Å²) in [5.74, 6) is 0.349. The third-order valence-corrected chi connectivity index (χ3v) is 2.89. The Labute approximate surface area is 104 Å². The fourth-order valence-corrected chi connectivity index (χ4v) is 1.71. The Balaban J connectivity index is 1.59. The van der Waals surface area contributed by atoms with Gasteiger partial charge in [0.1, 0.15) is 23.9 Å². The van der Waals surface area contributed by atoms with Crippen molar-refractivity contribution in [2.24, 2.45) is 0 Å². The van der Waals surface area contributed by atoms with E-state index in [0.717, 1.165) is 18.8 Å². The van der Waals surface area contributed by atoms with Gasteiger partial charge in [-0.1, -0.05) is 5.21 Å². The van der Waals surface area contributed by atoms with Gasteiger partial charge in [0.25, 0.3) is 0 Å². The summed E-state index contributed by atoms with van der Waals surface area (Å²) in [6.07, 6.45) is 1.88. The number of benzene rings is 1. The molecule has 0 saturated carbocycles. The van der Waals surface area contributed by atoms with Crippen LogP contribution in [0.25, 0.3) is 0 Å². The average Bonchev–Trinajstić information content (AvgIpc) is 2.75. The molecule has 3 rings (SSSR count). The molecule has 5 nitrogen and oxygen atoms in total. The van der Waals surface area contributed by atoms with Gasteiger partial charge < -0.3 is 10.1 Å². The summed E-state index contributed by atoms with van der Waals surface area (Å²) in [5, 5.41) is 11.3. The van der Waals surface area contributed by atoms with E-state index in [9.17, 15) is 4.39 Å². The molecular weight excluding hydrogens is 235 g/mol. The molecule has 2 aromatic rings. The second-order valence-corrected chi connectivity index (χ2v) is 4.24. The summed E-state index contributed by atoms with van der Waals surface area (Å²) in [6, 6.07) is 6.32. The largest absolute Gasteiger partial charge is 0.487 e. The fraction of sp³-hybridized carbons (Fsp3) is 0.333. The second-order valence-electron chi connectivity index (χ2n) is 4.24. The van der Waals surface area contributed by atoms with Gasteiger partial charge in [-0.15, -0.1) is 5.10 Å². The maximum atomic E-state index is 12.7. The Morgan fingerprint density at radius 1 is 1.33 bits per heavy atom. The molecular formula is C12H13FN4O. The van der Waals surface area contributed by atoms with E-state index >= 15 is 0 Å². The molecule has 1 aromatic heterocycles. The van der Waals surface area contributed by atoms with Gasteiger partial charge in [-0.25, -0.2) is 9.07 Å². The normalized spacial score (nSPS) is 15.4. The minimum Gasteiger partial charge on any atom is -0.487 e. The Hall–Kier alpha value is -1.95. The molecule has 0 atom stereocenters. The van der Waals surface area contributed by atoms with Gasteiger partial charge in [-0.2, -0.15) is 0 Å². The lowest BCUT2D eigenvalue weighted by Gasteiger charge is -2.26. The van der Waals surface area contributed by atoms with Crippen molar-refractivity contribution in [2.75, 3.05) is 13.1 Å². The van der Waals surface area contributed by atoms with Crippen LogP contribution in [0.2, 0.25) is 0 Å². The van der Waals surface area contributed by atoms with Gasteiger partial charge in [0.05, 0.1) is 12.2 Å². The van der Waals surface area contributed by atoms with Crippen LogP contribution < -0.4 is 10.1 Å². The molecule has 1 fully saturated rings. The monoisotopic (exact) mass is 248 g/mol. The Morgan fingerprint density at radius 3 is 2.78 bits per heavy atom.